The standard InChI is InChI=1S/C24H24N4O3S/c1-30-16-20-10-5-9-19(13-20)14-25-22(29)17-32-24-27-26-23(21-11-6-12-31-21)28(24)15-18-7-3-2-4-8-18/h2-13H,14-17H2,1H3,(H,25,29). The fourth-order valence-electron chi connectivity index (χ4n) is 3.27. The first-order valence-corrected chi connectivity index (χ1v) is 11.2. The summed E-state index contributed by atoms with van der Waals surface area (Å²) in [6, 6.07) is 21.7. The minimum absolute atomic E-state index is 0.0686. The molecule has 32 heavy (non-hydrogen) atoms. The monoisotopic (exact) mass is 448 g/mol. The number of nitrogens with zero attached hydrogens (tertiary/aromatic N) is 3. The molecule has 0 unspecified atom stereocenters. The molecular weight excluding hydrogens is 424 g/mol. The topological polar surface area (TPSA) is 82.2 Å². The highest BCUT2D eigenvalue weighted by atomic mass is 32.2. The second-order valence-electron chi connectivity index (χ2n) is 7.17. The normalized spacial score (nSPS) is 10.9. The Morgan fingerprint density at radius 3 is 2.62 bits per heavy atom. The van der Waals surface area contributed by atoms with Gasteiger partial charge in [0.1, 0.15) is 0 Å². The number of ether oxygens (including phenoxy) is 1. The maximum absolute atomic E-state index is 12.5. The summed E-state index contributed by atoms with van der Waals surface area (Å²) in [6.07, 6.45) is 1.61. The van der Waals surface area contributed by atoms with Crippen LogP contribution in [0.2, 0.25) is 0 Å². The first-order valence-electron chi connectivity index (χ1n) is 10.2. The zero-order chi connectivity index (χ0) is 22.2. The molecule has 2 heterocycles. The molecule has 164 valence electrons. The summed E-state index contributed by atoms with van der Waals surface area (Å²) >= 11 is 1.35. The van der Waals surface area contributed by atoms with Crippen LogP contribution in [0.3, 0.4) is 0 Å². The molecule has 1 N–H and O–H groups in total. The number of benzene rings is 2. The van der Waals surface area contributed by atoms with Gasteiger partial charge in [-0.05, 0) is 28.8 Å². The van der Waals surface area contributed by atoms with E-state index in [0.29, 0.717) is 36.4 Å². The van der Waals surface area contributed by atoms with Gasteiger partial charge in [-0.1, -0.05) is 66.4 Å². The Morgan fingerprint density at radius 1 is 1.03 bits per heavy atom. The molecule has 0 atom stereocenters. The molecule has 0 bridgehead atoms. The van der Waals surface area contributed by atoms with Gasteiger partial charge in [0, 0.05) is 13.7 Å². The zero-order valence-electron chi connectivity index (χ0n) is 17.7. The second-order valence-corrected chi connectivity index (χ2v) is 8.12. The first kappa shape index (κ1) is 21.9. The lowest BCUT2D eigenvalue weighted by Crippen LogP contribution is -2.24. The quantitative estimate of drug-likeness (QED) is 0.367. The third-order valence-corrected chi connectivity index (χ3v) is 5.73. The molecule has 2 aromatic heterocycles. The number of amides is 1. The number of methoxy groups -OCH3 is 1. The van der Waals surface area contributed by atoms with Gasteiger partial charge in [-0.25, -0.2) is 0 Å². The average Bonchev–Trinajstić information content (AvgIpc) is 3.48. The van der Waals surface area contributed by atoms with E-state index in [2.05, 4.69) is 15.5 Å². The Hall–Kier alpha value is -3.36. The summed E-state index contributed by atoms with van der Waals surface area (Å²) in [5.41, 5.74) is 3.22. The molecule has 8 heteroatoms. The molecular formula is C24H24N4O3S. The van der Waals surface area contributed by atoms with Crippen LogP contribution in [-0.2, 0) is 29.2 Å². The number of nitrogens with one attached hydrogen (secondary N) is 1. The molecule has 4 aromatic rings. The highest BCUT2D eigenvalue weighted by molar-refractivity contribution is 7.99. The maximum Gasteiger partial charge on any atom is 0.230 e. The van der Waals surface area contributed by atoms with Crippen molar-refractivity contribution >= 4 is 17.7 Å². The van der Waals surface area contributed by atoms with Gasteiger partial charge < -0.3 is 14.5 Å². The van der Waals surface area contributed by atoms with E-state index in [0.717, 1.165) is 16.7 Å². The van der Waals surface area contributed by atoms with Gasteiger partial charge in [0.2, 0.25) is 11.7 Å². The van der Waals surface area contributed by atoms with Crippen molar-refractivity contribution in [3.05, 3.63) is 89.7 Å². The fourth-order valence-corrected chi connectivity index (χ4v) is 4.04. The highest BCUT2D eigenvalue weighted by Crippen LogP contribution is 2.25. The lowest BCUT2D eigenvalue weighted by molar-refractivity contribution is -0.118. The molecule has 1 amide bonds. The van der Waals surface area contributed by atoms with Crippen LogP contribution in [0.1, 0.15) is 16.7 Å². The van der Waals surface area contributed by atoms with Crippen LogP contribution < -0.4 is 5.32 Å². The predicted octanol–water partition coefficient (Wildman–Crippen LogP) is 4.14. The van der Waals surface area contributed by atoms with Crippen molar-refractivity contribution in [2.24, 2.45) is 0 Å². The smallest absolute Gasteiger partial charge is 0.230 e. The van der Waals surface area contributed by atoms with Gasteiger partial charge in [-0.15, -0.1) is 10.2 Å². The number of rotatable bonds is 10. The van der Waals surface area contributed by atoms with Gasteiger partial charge in [0.05, 0.1) is 25.2 Å². The molecule has 0 aliphatic carbocycles. The lowest BCUT2D eigenvalue weighted by atomic mass is 10.1. The molecule has 0 fully saturated rings. The van der Waals surface area contributed by atoms with E-state index in [-0.39, 0.29) is 11.7 Å². The van der Waals surface area contributed by atoms with E-state index in [1.54, 1.807) is 13.4 Å². The van der Waals surface area contributed by atoms with Crippen molar-refractivity contribution < 1.29 is 13.9 Å². The van der Waals surface area contributed by atoms with E-state index in [1.165, 1.54) is 11.8 Å². The van der Waals surface area contributed by atoms with Crippen molar-refractivity contribution in [3.8, 4) is 11.6 Å². The number of carbonyl (C=O) groups is 1. The summed E-state index contributed by atoms with van der Waals surface area (Å²) in [7, 11) is 1.67. The van der Waals surface area contributed by atoms with Crippen LogP contribution in [0.4, 0.5) is 0 Å². The van der Waals surface area contributed by atoms with Crippen LogP contribution in [0, 0.1) is 0 Å². The third-order valence-electron chi connectivity index (χ3n) is 4.77. The average molecular weight is 449 g/mol. The van der Waals surface area contributed by atoms with Crippen molar-refractivity contribution in [2.45, 2.75) is 24.9 Å². The molecule has 2 aromatic carbocycles. The number of aromatic nitrogens is 3. The molecule has 7 nitrogen and oxygen atoms in total. The van der Waals surface area contributed by atoms with Gasteiger partial charge in [0.15, 0.2) is 10.9 Å². The van der Waals surface area contributed by atoms with E-state index in [4.69, 9.17) is 9.15 Å². The van der Waals surface area contributed by atoms with Crippen LogP contribution in [0.25, 0.3) is 11.6 Å². The summed E-state index contributed by atoms with van der Waals surface area (Å²) in [5.74, 6) is 1.45. The van der Waals surface area contributed by atoms with E-state index in [1.807, 2.05) is 71.3 Å². The van der Waals surface area contributed by atoms with Gasteiger partial charge in [-0.2, -0.15) is 0 Å². The second kappa shape index (κ2) is 10.8. The largest absolute Gasteiger partial charge is 0.461 e. The van der Waals surface area contributed by atoms with Crippen molar-refractivity contribution in [3.63, 3.8) is 0 Å². The number of carbonyl (C=O) groups excluding carboxylic acids is 1. The lowest BCUT2D eigenvalue weighted by Gasteiger charge is -2.10. The summed E-state index contributed by atoms with van der Waals surface area (Å²) < 4.78 is 12.7. The van der Waals surface area contributed by atoms with E-state index < -0.39 is 0 Å². The summed E-state index contributed by atoms with van der Waals surface area (Å²) in [5, 5.41) is 12.3. The highest BCUT2D eigenvalue weighted by Gasteiger charge is 2.17. The number of hydrogen-bond donors (Lipinski definition) is 1. The Balaban J connectivity index is 1.41. The van der Waals surface area contributed by atoms with Crippen molar-refractivity contribution in [1.82, 2.24) is 20.1 Å². The Kier molecular flexibility index (Phi) is 7.37. The number of furan rings is 1. The van der Waals surface area contributed by atoms with Crippen molar-refractivity contribution in [1.29, 1.82) is 0 Å². The van der Waals surface area contributed by atoms with Crippen LogP contribution in [0.5, 0.6) is 0 Å². The van der Waals surface area contributed by atoms with Gasteiger partial charge in [-0.3, -0.25) is 9.36 Å². The number of hydrogen-bond acceptors (Lipinski definition) is 6. The first-order chi connectivity index (χ1) is 15.7. The minimum Gasteiger partial charge on any atom is -0.461 e. The fraction of sp³-hybridized carbons (Fsp3) is 0.208. The molecule has 4 rings (SSSR count). The SMILES string of the molecule is COCc1cccc(CNC(=O)CSc2nnc(-c3ccco3)n2Cc2ccccc2)c1. The Morgan fingerprint density at radius 2 is 1.84 bits per heavy atom. The minimum atomic E-state index is -0.0686. The van der Waals surface area contributed by atoms with Crippen molar-refractivity contribution in [2.75, 3.05) is 12.9 Å². The summed E-state index contributed by atoms with van der Waals surface area (Å²) in [4.78, 5) is 12.5. The third kappa shape index (κ3) is 5.66. The summed E-state index contributed by atoms with van der Waals surface area (Å²) in [6.45, 7) is 1.60. The Bertz CT molecular complexity index is 1140. The molecule has 0 saturated heterocycles. The molecule has 0 radical (unpaired) electrons. The van der Waals surface area contributed by atoms with E-state index in [9.17, 15) is 4.79 Å². The maximum atomic E-state index is 12.5. The zero-order valence-corrected chi connectivity index (χ0v) is 18.5. The predicted molar refractivity (Wildman–Crippen MR) is 123 cm³/mol. The van der Waals surface area contributed by atoms with Crippen LogP contribution in [-0.4, -0.2) is 33.5 Å². The van der Waals surface area contributed by atoms with E-state index >= 15 is 0 Å². The number of thioether (sulfide) groups is 1. The van der Waals surface area contributed by atoms with Crippen LogP contribution in [0.15, 0.2) is 82.6 Å². The molecule has 0 saturated carbocycles. The Labute approximate surface area is 190 Å². The molecule has 0 aliphatic heterocycles. The van der Waals surface area contributed by atoms with Crippen LogP contribution >= 0.6 is 11.8 Å². The van der Waals surface area contributed by atoms with Gasteiger partial charge in [0.25, 0.3) is 0 Å². The molecule has 0 spiro atoms. The molecule has 0 aliphatic rings. The van der Waals surface area contributed by atoms with Gasteiger partial charge >= 0.3 is 0 Å².